The van der Waals surface area contributed by atoms with E-state index in [0.717, 1.165) is 52.3 Å². The van der Waals surface area contributed by atoms with Crippen LogP contribution >= 0.6 is 0 Å². The number of amides is 1. The minimum atomic E-state index is -0.0894. The van der Waals surface area contributed by atoms with Crippen molar-refractivity contribution in [1.29, 1.82) is 0 Å². The van der Waals surface area contributed by atoms with Crippen LogP contribution in [-0.2, 0) is 23.7 Å². The molecule has 1 saturated heterocycles. The Morgan fingerprint density at radius 3 is 2.53 bits per heavy atom. The number of benzene rings is 2. The summed E-state index contributed by atoms with van der Waals surface area (Å²) in [6.07, 6.45) is 5.34. The molecule has 0 bridgehead atoms. The van der Waals surface area contributed by atoms with Gasteiger partial charge in [-0.3, -0.25) is 9.48 Å². The number of carbonyl (C=O) groups is 1. The van der Waals surface area contributed by atoms with E-state index in [2.05, 4.69) is 38.4 Å². The molecule has 5 aromatic rings. The van der Waals surface area contributed by atoms with Gasteiger partial charge in [0.15, 0.2) is 0 Å². The van der Waals surface area contributed by atoms with Gasteiger partial charge in [0.05, 0.1) is 30.8 Å². The standard InChI is InChI=1S/C28H26N6O2/c1-28(15-36-16-28)22-9-7-20(8-10-22)27(35)29-12-18-3-5-19(6-4-18)25-23-11-24(21-13-32-34(2)14-21)33-26(23)31-17-30-25/h3-11,13-14,17H,12,15-16H2,1-2H3,(H,29,35)(H,30,31,33). The fourth-order valence-corrected chi connectivity index (χ4v) is 4.55. The van der Waals surface area contributed by atoms with E-state index in [1.54, 1.807) is 11.0 Å². The third-order valence-electron chi connectivity index (χ3n) is 6.81. The highest BCUT2D eigenvalue weighted by Crippen LogP contribution is 2.32. The van der Waals surface area contributed by atoms with E-state index in [1.807, 2.05) is 68.0 Å². The van der Waals surface area contributed by atoms with Crippen LogP contribution in [0.1, 0.15) is 28.4 Å². The topological polar surface area (TPSA) is 97.7 Å². The van der Waals surface area contributed by atoms with Gasteiger partial charge < -0.3 is 15.0 Å². The number of H-pyrrole nitrogens is 1. The minimum absolute atomic E-state index is 0.0622. The second-order valence-corrected chi connectivity index (χ2v) is 9.58. The van der Waals surface area contributed by atoms with Crippen LogP contribution in [-0.4, -0.2) is 43.9 Å². The van der Waals surface area contributed by atoms with Gasteiger partial charge in [-0.2, -0.15) is 5.10 Å². The number of aryl methyl sites for hydroxylation is 1. The van der Waals surface area contributed by atoms with Crippen molar-refractivity contribution < 1.29 is 9.53 Å². The number of nitrogens with one attached hydrogen (secondary N) is 2. The normalized spacial score (nSPS) is 14.5. The smallest absolute Gasteiger partial charge is 0.251 e. The molecule has 3 aromatic heterocycles. The van der Waals surface area contributed by atoms with E-state index in [9.17, 15) is 4.79 Å². The monoisotopic (exact) mass is 478 g/mol. The first-order valence-electron chi connectivity index (χ1n) is 11.9. The third-order valence-corrected chi connectivity index (χ3v) is 6.81. The number of carbonyl (C=O) groups excluding carboxylic acids is 1. The summed E-state index contributed by atoms with van der Waals surface area (Å²) in [5.74, 6) is -0.0894. The summed E-state index contributed by atoms with van der Waals surface area (Å²) >= 11 is 0. The quantitative estimate of drug-likeness (QED) is 0.380. The second kappa shape index (κ2) is 8.73. The summed E-state index contributed by atoms with van der Waals surface area (Å²) in [4.78, 5) is 24.9. The summed E-state index contributed by atoms with van der Waals surface area (Å²) < 4.78 is 7.11. The van der Waals surface area contributed by atoms with E-state index in [-0.39, 0.29) is 11.3 Å². The Labute approximate surface area is 208 Å². The van der Waals surface area contributed by atoms with Gasteiger partial charge in [-0.25, -0.2) is 9.97 Å². The van der Waals surface area contributed by atoms with E-state index >= 15 is 0 Å². The predicted molar refractivity (Wildman–Crippen MR) is 137 cm³/mol. The lowest BCUT2D eigenvalue weighted by molar-refractivity contribution is -0.0500. The zero-order chi connectivity index (χ0) is 24.7. The molecule has 1 amide bonds. The number of aromatic amines is 1. The molecule has 8 heteroatoms. The number of nitrogens with zero attached hydrogens (tertiary/aromatic N) is 4. The maximum atomic E-state index is 12.7. The highest BCUT2D eigenvalue weighted by molar-refractivity contribution is 5.95. The Balaban J connectivity index is 1.15. The molecule has 0 atom stereocenters. The molecule has 2 N–H and O–H groups in total. The second-order valence-electron chi connectivity index (χ2n) is 9.58. The van der Waals surface area contributed by atoms with Crippen LogP contribution in [0.5, 0.6) is 0 Å². The number of aromatic nitrogens is 5. The van der Waals surface area contributed by atoms with Crippen LogP contribution < -0.4 is 5.32 Å². The number of fused-ring (bicyclic) bond motifs is 1. The van der Waals surface area contributed by atoms with Gasteiger partial charge in [0.25, 0.3) is 5.91 Å². The van der Waals surface area contributed by atoms with Crippen molar-refractivity contribution in [3.63, 3.8) is 0 Å². The first-order valence-corrected chi connectivity index (χ1v) is 11.9. The van der Waals surface area contributed by atoms with E-state index in [0.29, 0.717) is 12.1 Å². The average molecular weight is 479 g/mol. The van der Waals surface area contributed by atoms with E-state index in [1.165, 1.54) is 5.56 Å². The Morgan fingerprint density at radius 2 is 1.86 bits per heavy atom. The van der Waals surface area contributed by atoms with Gasteiger partial charge in [-0.15, -0.1) is 0 Å². The SMILES string of the molecule is Cn1cc(-c2cc3c(-c4ccc(CNC(=O)c5ccc(C6(C)COC6)cc5)cc4)ncnc3[nH]2)cn1. The Hall–Kier alpha value is -4.30. The van der Waals surface area contributed by atoms with Crippen molar-refractivity contribution >= 4 is 16.9 Å². The largest absolute Gasteiger partial charge is 0.379 e. The van der Waals surface area contributed by atoms with Crippen molar-refractivity contribution in [3.8, 4) is 22.5 Å². The first kappa shape index (κ1) is 22.2. The molecule has 1 fully saturated rings. The van der Waals surface area contributed by atoms with Crippen LogP contribution in [0, 0.1) is 0 Å². The summed E-state index contributed by atoms with van der Waals surface area (Å²) in [5, 5.41) is 8.21. The summed E-state index contributed by atoms with van der Waals surface area (Å²) in [7, 11) is 1.89. The minimum Gasteiger partial charge on any atom is -0.379 e. The summed E-state index contributed by atoms with van der Waals surface area (Å²) in [6.45, 7) is 4.08. The van der Waals surface area contributed by atoms with Gasteiger partial charge in [-0.05, 0) is 29.3 Å². The fourth-order valence-electron chi connectivity index (χ4n) is 4.55. The lowest BCUT2D eigenvalue weighted by Crippen LogP contribution is -2.43. The van der Waals surface area contributed by atoms with Crippen LogP contribution in [0.25, 0.3) is 33.5 Å². The Morgan fingerprint density at radius 1 is 1.08 bits per heavy atom. The zero-order valence-corrected chi connectivity index (χ0v) is 20.2. The number of hydrogen-bond donors (Lipinski definition) is 2. The van der Waals surface area contributed by atoms with E-state index in [4.69, 9.17) is 4.74 Å². The average Bonchev–Trinajstić information content (AvgIpc) is 3.52. The molecule has 0 unspecified atom stereocenters. The van der Waals surface area contributed by atoms with E-state index < -0.39 is 0 Å². The Kier molecular flexibility index (Phi) is 5.38. The summed E-state index contributed by atoms with van der Waals surface area (Å²) in [6, 6.07) is 17.9. The summed E-state index contributed by atoms with van der Waals surface area (Å²) in [5.41, 5.74) is 7.49. The van der Waals surface area contributed by atoms with Crippen LogP contribution in [0.15, 0.2) is 73.3 Å². The maximum absolute atomic E-state index is 12.7. The van der Waals surface area contributed by atoms with Gasteiger partial charge in [0.1, 0.15) is 12.0 Å². The molecule has 1 aliphatic rings. The lowest BCUT2D eigenvalue weighted by atomic mass is 9.80. The fraction of sp³-hybridized carbons (Fsp3) is 0.214. The molecule has 0 spiro atoms. The number of ether oxygens (including phenoxy) is 1. The molecular formula is C28H26N6O2. The third kappa shape index (κ3) is 4.05. The molecule has 8 nitrogen and oxygen atoms in total. The van der Waals surface area contributed by atoms with Crippen LogP contribution in [0.2, 0.25) is 0 Å². The van der Waals surface area contributed by atoms with Gasteiger partial charge in [-0.1, -0.05) is 43.3 Å². The van der Waals surface area contributed by atoms with Crippen molar-refractivity contribution in [3.05, 3.63) is 90.0 Å². The molecular weight excluding hydrogens is 452 g/mol. The van der Waals surface area contributed by atoms with Gasteiger partial charge in [0, 0.05) is 47.3 Å². The highest BCUT2D eigenvalue weighted by atomic mass is 16.5. The first-order chi connectivity index (χ1) is 17.5. The number of rotatable bonds is 6. The predicted octanol–water partition coefficient (Wildman–Crippen LogP) is 4.24. The molecule has 6 rings (SSSR count). The highest BCUT2D eigenvalue weighted by Gasteiger charge is 2.35. The maximum Gasteiger partial charge on any atom is 0.251 e. The zero-order valence-electron chi connectivity index (χ0n) is 20.2. The molecule has 2 aromatic carbocycles. The Bertz CT molecular complexity index is 1550. The lowest BCUT2D eigenvalue weighted by Gasteiger charge is -2.38. The molecule has 36 heavy (non-hydrogen) atoms. The molecule has 0 radical (unpaired) electrons. The van der Waals surface area contributed by atoms with Crippen molar-refractivity contribution in [2.24, 2.45) is 7.05 Å². The molecule has 4 heterocycles. The number of hydrogen-bond acceptors (Lipinski definition) is 5. The van der Waals surface area contributed by atoms with Crippen LogP contribution in [0.3, 0.4) is 0 Å². The van der Waals surface area contributed by atoms with Crippen molar-refractivity contribution in [2.45, 2.75) is 18.9 Å². The molecule has 0 aliphatic carbocycles. The van der Waals surface area contributed by atoms with Gasteiger partial charge in [0.2, 0.25) is 0 Å². The van der Waals surface area contributed by atoms with Crippen LogP contribution in [0.4, 0.5) is 0 Å². The van der Waals surface area contributed by atoms with Crippen molar-refractivity contribution in [2.75, 3.05) is 13.2 Å². The molecule has 1 aliphatic heterocycles. The van der Waals surface area contributed by atoms with Crippen molar-refractivity contribution in [1.82, 2.24) is 30.0 Å². The van der Waals surface area contributed by atoms with Gasteiger partial charge >= 0.3 is 0 Å². The molecule has 180 valence electrons. The molecule has 0 saturated carbocycles.